The van der Waals surface area contributed by atoms with E-state index in [2.05, 4.69) is 5.32 Å². The molecule has 2 amide bonds. The zero-order valence-corrected chi connectivity index (χ0v) is 11.9. The second kappa shape index (κ2) is 7.99. The molecule has 1 saturated heterocycles. The van der Waals surface area contributed by atoms with E-state index in [0.29, 0.717) is 12.5 Å². The van der Waals surface area contributed by atoms with E-state index in [9.17, 15) is 9.59 Å². The van der Waals surface area contributed by atoms with Crippen molar-refractivity contribution in [3.8, 4) is 0 Å². The van der Waals surface area contributed by atoms with Crippen LogP contribution in [0, 0.1) is 5.92 Å². The zero-order valence-electron chi connectivity index (χ0n) is 11.9. The number of likely N-dealkylation sites (tertiary alicyclic amines) is 1. The highest BCUT2D eigenvalue weighted by Gasteiger charge is 2.24. The van der Waals surface area contributed by atoms with Gasteiger partial charge >= 0.3 is 12.0 Å². The van der Waals surface area contributed by atoms with Crippen molar-refractivity contribution in [3.63, 3.8) is 0 Å². The molecule has 2 N–H and O–H groups in total. The lowest BCUT2D eigenvalue weighted by molar-refractivity contribution is -0.137. The van der Waals surface area contributed by atoms with Gasteiger partial charge in [0.25, 0.3) is 0 Å². The smallest absolute Gasteiger partial charge is 0.319 e. The number of likely N-dealkylation sites (N-methyl/N-ethyl adjacent to an activating group) is 2. The van der Waals surface area contributed by atoms with Gasteiger partial charge < -0.3 is 20.2 Å². The monoisotopic (exact) mass is 271 g/mol. The quantitative estimate of drug-likeness (QED) is 0.750. The van der Waals surface area contributed by atoms with Crippen LogP contribution >= 0.6 is 0 Å². The maximum atomic E-state index is 12.1. The van der Waals surface area contributed by atoms with Crippen molar-refractivity contribution in [2.24, 2.45) is 5.92 Å². The van der Waals surface area contributed by atoms with E-state index < -0.39 is 5.97 Å². The van der Waals surface area contributed by atoms with E-state index in [-0.39, 0.29) is 12.5 Å². The first-order valence-corrected chi connectivity index (χ1v) is 6.91. The minimum atomic E-state index is -0.731. The van der Waals surface area contributed by atoms with Crippen LogP contribution in [0.5, 0.6) is 0 Å². The average molecular weight is 271 g/mol. The van der Waals surface area contributed by atoms with Gasteiger partial charge in [-0.3, -0.25) is 4.79 Å². The summed E-state index contributed by atoms with van der Waals surface area (Å²) in [6.45, 7) is 2.98. The maximum absolute atomic E-state index is 12.1. The Morgan fingerprint density at radius 1 is 1.37 bits per heavy atom. The number of piperidine rings is 1. The predicted molar refractivity (Wildman–Crippen MR) is 73.1 cm³/mol. The molecule has 0 aromatic carbocycles. The molecule has 0 saturated carbocycles. The van der Waals surface area contributed by atoms with Crippen LogP contribution in [-0.2, 0) is 4.79 Å². The highest BCUT2D eigenvalue weighted by molar-refractivity contribution is 5.74. The molecule has 110 valence electrons. The molecule has 0 atom stereocenters. The summed E-state index contributed by atoms with van der Waals surface area (Å²) in [4.78, 5) is 26.2. The molecule has 0 spiro atoms. The number of amides is 2. The summed E-state index contributed by atoms with van der Waals surface area (Å²) in [6.07, 6.45) is 2.80. The van der Waals surface area contributed by atoms with Crippen molar-refractivity contribution < 1.29 is 14.7 Å². The van der Waals surface area contributed by atoms with Crippen molar-refractivity contribution in [2.45, 2.75) is 25.7 Å². The Kier molecular flexibility index (Phi) is 6.62. The number of carboxylic acids is 1. The molecular weight excluding hydrogens is 246 g/mol. The molecule has 1 aliphatic heterocycles. The highest BCUT2D eigenvalue weighted by Crippen LogP contribution is 2.22. The molecule has 1 rings (SSSR count). The third-order valence-electron chi connectivity index (χ3n) is 3.68. The summed E-state index contributed by atoms with van der Waals surface area (Å²) in [6, 6.07) is 0.0759. The van der Waals surface area contributed by atoms with Crippen LogP contribution in [0.4, 0.5) is 4.79 Å². The summed E-state index contributed by atoms with van der Waals surface area (Å²) in [5.74, 6) is -0.284. The van der Waals surface area contributed by atoms with Gasteiger partial charge in [0.15, 0.2) is 0 Å². The minimum absolute atomic E-state index is 0.0759. The molecule has 6 nitrogen and oxygen atoms in total. The number of hydrogen-bond donors (Lipinski definition) is 2. The lowest BCUT2D eigenvalue weighted by Gasteiger charge is -2.34. The molecule has 0 aromatic heterocycles. The van der Waals surface area contributed by atoms with Gasteiger partial charge in [-0.15, -0.1) is 0 Å². The molecule has 0 aromatic rings. The van der Waals surface area contributed by atoms with Gasteiger partial charge in [0.05, 0.1) is 0 Å². The lowest BCUT2D eigenvalue weighted by atomic mass is 9.92. The van der Waals surface area contributed by atoms with Crippen LogP contribution in [0.2, 0.25) is 0 Å². The van der Waals surface area contributed by atoms with Crippen molar-refractivity contribution in [1.29, 1.82) is 0 Å². The number of carboxylic acid groups (broad SMARTS) is 1. The van der Waals surface area contributed by atoms with Crippen LogP contribution < -0.4 is 5.32 Å². The van der Waals surface area contributed by atoms with Gasteiger partial charge in [-0.2, -0.15) is 0 Å². The fourth-order valence-corrected chi connectivity index (χ4v) is 2.36. The Labute approximate surface area is 114 Å². The van der Waals surface area contributed by atoms with Crippen molar-refractivity contribution in [2.75, 3.05) is 40.3 Å². The predicted octanol–water partition coefficient (Wildman–Crippen LogP) is 0.834. The number of nitrogens with zero attached hydrogens (tertiary/aromatic N) is 2. The minimum Gasteiger partial charge on any atom is -0.481 e. The fourth-order valence-electron chi connectivity index (χ4n) is 2.36. The third kappa shape index (κ3) is 5.46. The molecule has 1 aliphatic rings. The lowest BCUT2D eigenvalue weighted by Crippen LogP contribution is -2.46. The van der Waals surface area contributed by atoms with Gasteiger partial charge in [-0.25, -0.2) is 4.79 Å². The third-order valence-corrected chi connectivity index (χ3v) is 3.68. The Hall–Kier alpha value is -1.30. The van der Waals surface area contributed by atoms with Crippen LogP contribution in [0.3, 0.4) is 0 Å². The Morgan fingerprint density at radius 2 is 2.00 bits per heavy atom. The van der Waals surface area contributed by atoms with Crippen molar-refractivity contribution >= 4 is 12.0 Å². The molecule has 0 bridgehead atoms. The number of carbonyl (C=O) groups excluding carboxylic acids is 1. The first-order chi connectivity index (χ1) is 9.04. The van der Waals surface area contributed by atoms with E-state index in [4.69, 9.17) is 5.11 Å². The average Bonchev–Trinajstić information content (AvgIpc) is 2.42. The maximum Gasteiger partial charge on any atom is 0.319 e. The summed E-state index contributed by atoms with van der Waals surface area (Å²) < 4.78 is 0. The van der Waals surface area contributed by atoms with E-state index >= 15 is 0 Å². The summed E-state index contributed by atoms with van der Waals surface area (Å²) >= 11 is 0. The van der Waals surface area contributed by atoms with E-state index in [0.717, 1.165) is 38.9 Å². The van der Waals surface area contributed by atoms with Gasteiger partial charge in [0.1, 0.15) is 0 Å². The first-order valence-electron chi connectivity index (χ1n) is 6.91. The Balaban J connectivity index is 2.28. The number of aliphatic carboxylic acids is 1. The largest absolute Gasteiger partial charge is 0.481 e. The van der Waals surface area contributed by atoms with Gasteiger partial charge in [0, 0.05) is 39.6 Å². The second-order valence-electron chi connectivity index (χ2n) is 5.17. The standard InChI is InChI=1S/C13H25N3O3/c1-14-7-10-15(2)13(19)16-8-5-11(6-9-16)3-4-12(17)18/h11,14H,3-10H2,1-2H3,(H,17,18). The topological polar surface area (TPSA) is 72.9 Å². The number of carbonyl (C=O) groups is 2. The summed E-state index contributed by atoms with van der Waals surface area (Å²) in [5.41, 5.74) is 0. The van der Waals surface area contributed by atoms with Crippen molar-refractivity contribution in [3.05, 3.63) is 0 Å². The van der Waals surface area contributed by atoms with Gasteiger partial charge in [-0.1, -0.05) is 0 Å². The zero-order chi connectivity index (χ0) is 14.3. The molecule has 6 heteroatoms. The summed E-state index contributed by atoms with van der Waals surface area (Å²) in [5, 5.41) is 11.7. The normalized spacial score (nSPS) is 16.4. The molecule has 1 fully saturated rings. The Bertz CT molecular complexity index is 302. The van der Waals surface area contributed by atoms with E-state index in [1.54, 1.807) is 4.90 Å². The number of urea groups is 1. The first kappa shape index (κ1) is 15.8. The van der Waals surface area contributed by atoms with Crippen LogP contribution in [0.1, 0.15) is 25.7 Å². The molecule has 0 aliphatic carbocycles. The van der Waals surface area contributed by atoms with Crippen LogP contribution in [-0.4, -0.2) is 67.2 Å². The Morgan fingerprint density at radius 3 is 2.53 bits per heavy atom. The molecule has 0 radical (unpaired) electrons. The van der Waals surface area contributed by atoms with E-state index in [1.807, 2.05) is 19.0 Å². The van der Waals surface area contributed by atoms with Crippen LogP contribution in [0.25, 0.3) is 0 Å². The van der Waals surface area contributed by atoms with Gasteiger partial charge in [0.2, 0.25) is 0 Å². The molecule has 0 unspecified atom stereocenters. The SMILES string of the molecule is CNCCN(C)C(=O)N1CCC(CCC(=O)O)CC1. The fraction of sp³-hybridized carbons (Fsp3) is 0.846. The molecule has 1 heterocycles. The number of hydrogen-bond acceptors (Lipinski definition) is 3. The number of rotatable bonds is 6. The van der Waals surface area contributed by atoms with Crippen LogP contribution in [0.15, 0.2) is 0 Å². The summed E-state index contributed by atoms with van der Waals surface area (Å²) in [7, 11) is 3.68. The van der Waals surface area contributed by atoms with Crippen molar-refractivity contribution in [1.82, 2.24) is 15.1 Å². The number of nitrogens with one attached hydrogen (secondary N) is 1. The van der Waals surface area contributed by atoms with Gasteiger partial charge in [-0.05, 0) is 32.2 Å². The molecule has 19 heavy (non-hydrogen) atoms. The highest BCUT2D eigenvalue weighted by atomic mass is 16.4. The molecular formula is C13H25N3O3. The van der Waals surface area contributed by atoms with E-state index in [1.165, 1.54) is 0 Å². The second-order valence-corrected chi connectivity index (χ2v) is 5.17.